The molecule has 3 aromatic rings. The number of thiophene rings is 1. The predicted octanol–water partition coefficient (Wildman–Crippen LogP) is 3.67. The van der Waals surface area contributed by atoms with Crippen LogP contribution >= 0.6 is 11.3 Å². The molecule has 1 aromatic carbocycles. The molecule has 2 amide bonds. The molecule has 0 unspecified atom stereocenters. The Morgan fingerprint density at radius 1 is 1.12 bits per heavy atom. The van der Waals surface area contributed by atoms with E-state index >= 15 is 0 Å². The van der Waals surface area contributed by atoms with E-state index in [9.17, 15) is 9.59 Å². The highest BCUT2D eigenvalue weighted by Gasteiger charge is 2.17. The van der Waals surface area contributed by atoms with Gasteiger partial charge in [-0.05, 0) is 41.3 Å². The van der Waals surface area contributed by atoms with Crippen LogP contribution in [0.15, 0.2) is 65.6 Å². The molecule has 0 radical (unpaired) electrons. The quantitative estimate of drug-likeness (QED) is 0.763. The Balaban J connectivity index is 1.77. The third kappa shape index (κ3) is 4.10. The third-order valence-electron chi connectivity index (χ3n) is 3.70. The van der Waals surface area contributed by atoms with Crippen LogP contribution in [-0.4, -0.2) is 28.7 Å². The SMILES string of the molecule is CN(Cc1ccncc1)C(=O)c1ccccc1NC(=O)c1ccsc1. The monoisotopic (exact) mass is 351 g/mol. The molecule has 1 N–H and O–H groups in total. The van der Waals surface area contributed by atoms with Crippen molar-refractivity contribution in [2.24, 2.45) is 0 Å². The van der Waals surface area contributed by atoms with Gasteiger partial charge < -0.3 is 10.2 Å². The lowest BCUT2D eigenvalue weighted by atomic mass is 10.1. The molecule has 2 heterocycles. The van der Waals surface area contributed by atoms with Gasteiger partial charge in [-0.15, -0.1) is 0 Å². The zero-order valence-electron chi connectivity index (χ0n) is 13.7. The smallest absolute Gasteiger partial charge is 0.256 e. The minimum absolute atomic E-state index is 0.155. The van der Waals surface area contributed by atoms with Crippen molar-refractivity contribution < 1.29 is 9.59 Å². The van der Waals surface area contributed by atoms with Crippen LogP contribution in [0.1, 0.15) is 26.3 Å². The van der Waals surface area contributed by atoms with Crippen molar-refractivity contribution in [1.29, 1.82) is 0 Å². The summed E-state index contributed by atoms with van der Waals surface area (Å²) >= 11 is 1.45. The summed E-state index contributed by atoms with van der Waals surface area (Å²) in [5, 5.41) is 6.44. The number of benzene rings is 1. The summed E-state index contributed by atoms with van der Waals surface area (Å²) in [6, 6.07) is 12.5. The van der Waals surface area contributed by atoms with Gasteiger partial charge in [-0.3, -0.25) is 14.6 Å². The second-order valence-electron chi connectivity index (χ2n) is 5.53. The van der Waals surface area contributed by atoms with Gasteiger partial charge >= 0.3 is 0 Å². The predicted molar refractivity (Wildman–Crippen MR) is 98.7 cm³/mol. The number of carbonyl (C=O) groups is 2. The molecule has 0 saturated heterocycles. The maximum atomic E-state index is 12.8. The van der Waals surface area contributed by atoms with Crippen LogP contribution in [-0.2, 0) is 6.54 Å². The lowest BCUT2D eigenvalue weighted by molar-refractivity contribution is 0.0786. The molecule has 5 nitrogen and oxygen atoms in total. The number of rotatable bonds is 5. The second-order valence-corrected chi connectivity index (χ2v) is 6.31. The summed E-state index contributed by atoms with van der Waals surface area (Å²) in [5.41, 5.74) is 2.54. The van der Waals surface area contributed by atoms with E-state index in [0.29, 0.717) is 23.4 Å². The summed E-state index contributed by atoms with van der Waals surface area (Å²) in [5.74, 6) is -0.378. The lowest BCUT2D eigenvalue weighted by Crippen LogP contribution is -2.27. The van der Waals surface area contributed by atoms with Crippen molar-refractivity contribution >= 4 is 28.8 Å². The van der Waals surface area contributed by atoms with Crippen LogP contribution in [0, 0.1) is 0 Å². The van der Waals surface area contributed by atoms with Gasteiger partial charge in [0.2, 0.25) is 0 Å². The molecule has 0 fully saturated rings. The zero-order chi connectivity index (χ0) is 17.6. The van der Waals surface area contributed by atoms with Crippen molar-refractivity contribution in [3.8, 4) is 0 Å². The number of anilines is 1. The summed E-state index contributed by atoms with van der Waals surface area (Å²) < 4.78 is 0. The molecule has 0 atom stereocenters. The van der Waals surface area contributed by atoms with Crippen LogP contribution in [0.5, 0.6) is 0 Å². The van der Waals surface area contributed by atoms with E-state index in [4.69, 9.17) is 0 Å². The first-order valence-electron chi connectivity index (χ1n) is 7.72. The Hall–Kier alpha value is -2.99. The van der Waals surface area contributed by atoms with E-state index in [1.807, 2.05) is 17.5 Å². The maximum absolute atomic E-state index is 12.8. The van der Waals surface area contributed by atoms with E-state index in [0.717, 1.165) is 5.56 Å². The van der Waals surface area contributed by atoms with Crippen molar-refractivity contribution in [2.75, 3.05) is 12.4 Å². The Morgan fingerprint density at radius 3 is 2.60 bits per heavy atom. The largest absolute Gasteiger partial charge is 0.337 e. The Morgan fingerprint density at radius 2 is 1.88 bits per heavy atom. The Bertz CT molecular complexity index is 863. The molecule has 126 valence electrons. The van der Waals surface area contributed by atoms with Crippen molar-refractivity contribution in [3.63, 3.8) is 0 Å². The number of pyridine rings is 1. The highest BCUT2D eigenvalue weighted by molar-refractivity contribution is 7.08. The average Bonchev–Trinajstić information content (AvgIpc) is 3.17. The minimum atomic E-state index is -0.224. The van der Waals surface area contributed by atoms with E-state index in [1.165, 1.54) is 11.3 Å². The molecule has 6 heteroatoms. The highest BCUT2D eigenvalue weighted by Crippen LogP contribution is 2.19. The van der Waals surface area contributed by atoms with Gasteiger partial charge in [0.1, 0.15) is 0 Å². The first-order valence-corrected chi connectivity index (χ1v) is 8.66. The topological polar surface area (TPSA) is 62.3 Å². The van der Waals surface area contributed by atoms with Crippen molar-refractivity contribution in [2.45, 2.75) is 6.54 Å². The van der Waals surface area contributed by atoms with Gasteiger partial charge in [-0.25, -0.2) is 0 Å². The molecule has 2 aromatic heterocycles. The van der Waals surface area contributed by atoms with Crippen LogP contribution in [0.2, 0.25) is 0 Å². The summed E-state index contributed by atoms with van der Waals surface area (Å²) in [7, 11) is 1.74. The lowest BCUT2D eigenvalue weighted by Gasteiger charge is -2.19. The van der Waals surface area contributed by atoms with Gasteiger partial charge in [0.25, 0.3) is 11.8 Å². The normalized spacial score (nSPS) is 10.3. The number of hydrogen-bond acceptors (Lipinski definition) is 4. The van der Waals surface area contributed by atoms with Gasteiger partial charge in [0.05, 0.1) is 16.8 Å². The molecule has 0 bridgehead atoms. The second kappa shape index (κ2) is 7.72. The van der Waals surface area contributed by atoms with Gasteiger partial charge in [0.15, 0.2) is 0 Å². The number of nitrogens with one attached hydrogen (secondary N) is 1. The molecule has 0 saturated carbocycles. The number of carbonyl (C=O) groups excluding carboxylic acids is 2. The van der Waals surface area contributed by atoms with Crippen LogP contribution in [0.3, 0.4) is 0 Å². The zero-order valence-corrected chi connectivity index (χ0v) is 14.5. The molecule has 0 aliphatic rings. The molecule has 0 spiro atoms. The van der Waals surface area contributed by atoms with Crippen molar-refractivity contribution in [3.05, 3.63) is 82.3 Å². The van der Waals surface area contributed by atoms with Crippen molar-refractivity contribution in [1.82, 2.24) is 9.88 Å². The van der Waals surface area contributed by atoms with E-state index < -0.39 is 0 Å². The first-order chi connectivity index (χ1) is 12.1. The average molecular weight is 351 g/mol. The number of aromatic nitrogens is 1. The highest BCUT2D eigenvalue weighted by atomic mass is 32.1. The summed E-state index contributed by atoms with van der Waals surface area (Å²) in [4.78, 5) is 30.7. The van der Waals surface area contributed by atoms with Crippen LogP contribution < -0.4 is 5.32 Å². The maximum Gasteiger partial charge on any atom is 0.256 e. The molecule has 0 aliphatic carbocycles. The van der Waals surface area contributed by atoms with Gasteiger partial charge in [-0.2, -0.15) is 11.3 Å². The van der Waals surface area contributed by atoms with E-state index in [2.05, 4.69) is 10.3 Å². The van der Waals surface area contributed by atoms with E-state index in [1.54, 1.807) is 60.1 Å². The van der Waals surface area contributed by atoms with Crippen LogP contribution in [0.25, 0.3) is 0 Å². The Labute approximate surface area is 149 Å². The fourth-order valence-corrected chi connectivity index (χ4v) is 3.04. The summed E-state index contributed by atoms with van der Waals surface area (Å²) in [6.45, 7) is 0.466. The fraction of sp³-hybridized carbons (Fsp3) is 0.105. The number of para-hydroxylation sites is 1. The summed E-state index contributed by atoms with van der Waals surface area (Å²) in [6.07, 6.45) is 3.39. The fourth-order valence-electron chi connectivity index (χ4n) is 2.41. The molecular weight excluding hydrogens is 334 g/mol. The number of amides is 2. The molecule has 0 aliphatic heterocycles. The first kappa shape index (κ1) is 16.9. The molecular formula is C19H17N3O2S. The number of hydrogen-bond donors (Lipinski definition) is 1. The van der Waals surface area contributed by atoms with Gasteiger partial charge in [0, 0.05) is 31.4 Å². The third-order valence-corrected chi connectivity index (χ3v) is 4.39. The number of nitrogens with zero attached hydrogens (tertiary/aromatic N) is 2. The van der Waals surface area contributed by atoms with Crippen LogP contribution in [0.4, 0.5) is 5.69 Å². The van der Waals surface area contributed by atoms with E-state index in [-0.39, 0.29) is 11.8 Å². The molecule has 3 rings (SSSR count). The Kier molecular flexibility index (Phi) is 5.20. The minimum Gasteiger partial charge on any atom is -0.337 e. The standard InChI is InChI=1S/C19H17N3O2S/c1-22(12-14-6-9-20-10-7-14)19(24)16-4-2-3-5-17(16)21-18(23)15-8-11-25-13-15/h2-11,13H,12H2,1H3,(H,21,23). The van der Waals surface area contributed by atoms with Gasteiger partial charge in [-0.1, -0.05) is 12.1 Å². The molecule has 25 heavy (non-hydrogen) atoms.